The number of carbonyl (C=O) groups excluding carboxylic acids is 2. The van der Waals surface area contributed by atoms with Gasteiger partial charge >= 0.3 is 0 Å². The maximum atomic E-state index is 14.0. The van der Waals surface area contributed by atoms with Crippen molar-refractivity contribution in [2.45, 2.75) is 83.9 Å². The summed E-state index contributed by atoms with van der Waals surface area (Å²) < 4.78 is 0. The zero-order chi connectivity index (χ0) is 31.2. The fourth-order valence-electron chi connectivity index (χ4n) is 7.72. The van der Waals surface area contributed by atoms with Crippen molar-refractivity contribution in [3.63, 3.8) is 0 Å². The van der Waals surface area contributed by atoms with Crippen LogP contribution in [0.2, 0.25) is 0 Å². The fraction of sp³-hybridized carbons (Fsp3) is 0.514. The molecule has 5 rings (SSSR count). The number of nitrogens with zero attached hydrogens (tertiary/aromatic N) is 2. The molecule has 2 aliphatic heterocycles. The summed E-state index contributed by atoms with van der Waals surface area (Å²) in [5, 5.41) is 32.5. The number of aromatic hydroxyl groups is 1. The largest absolute Gasteiger partial charge is 0.507 e. The van der Waals surface area contributed by atoms with Gasteiger partial charge in [-0.2, -0.15) is 0 Å². The van der Waals surface area contributed by atoms with Crippen molar-refractivity contribution in [2.24, 2.45) is 17.8 Å². The van der Waals surface area contributed by atoms with Crippen LogP contribution >= 0.6 is 0 Å². The molecular formula is C37H48N2O5. The quantitative estimate of drug-likeness (QED) is 0.213. The van der Waals surface area contributed by atoms with Gasteiger partial charge in [0.2, 0.25) is 11.8 Å². The molecule has 44 heavy (non-hydrogen) atoms. The summed E-state index contributed by atoms with van der Waals surface area (Å²) >= 11 is 0. The van der Waals surface area contributed by atoms with Crippen LogP contribution in [0.3, 0.4) is 0 Å². The Morgan fingerprint density at radius 2 is 1.70 bits per heavy atom. The van der Waals surface area contributed by atoms with Crippen LogP contribution in [0.25, 0.3) is 6.08 Å². The number of para-hydroxylation sites is 1. The fourth-order valence-corrected chi connectivity index (χ4v) is 7.72. The first kappa shape index (κ1) is 32.1. The van der Waals surface area contributed by atoms with Gasteiger partial charge in [-0.05, 0) is 62.1 Å². The van der Waals surface area contributed by atoms with Gasteiger partial charge < -0.3 is 15.3 Å². The van der Waals surface area contributed by atoms with E-state index in [0.717, 1.165) is 74.0 Å². The minimum absolute atomic E-state index is 0.0963. The van der Waals surface area contributed by atoms with Crippen molar-refractivity contribution >= 4 is 17.9 Å². The summed E-state index contributed by atoms with van der Waals surface area (Å²) in [7, 11) is 0. The van der Waals surface area contributed by atoms with E-state index in [9.17, 15) is 24.9 Å². The second-order valence-corrected chi connectivity index (χ2v) is 12.7. The highest BCUT2D eigenvalue weighted by Crippen LogP contribution is 2.48. The number of imide groups is 1. The molecule has 0 radical (unpaired) electrons. The van der Waals surface area contributed by atoms with Gasteiger partial charge in [0.1, 0.15) is 5.75 Å². The Hall–Kier alpha value is -3.26. The van der Waals surface area contributed by atoms with Crippen molar-refractivity contribution in [3.8, 4) is 5.75 Å². The Bertz CT molecular complexity index is 1360. The lowest BCUT2D eigenvalue weighted by atomic mass is 9.67. The molecule has 2 saturated heterocycles. The molecule has 3 N–H and O–H groups in total. The number of likely N-dealkylation sites (tertiary alicyclic amines) is 2. The zero-order valence-electron chi connectivity index (χ0n) is 26.2. The topological polar surface area (TPSA) is 101 Å². The van der Waals surface area contributed by atoms with E-state index in [2.05, 4.69) is 30.9 Å². The third kappa shape index (κ3) is 6.85. The molecule has 4 atom stereocenters. The first-order valence-electron chi connectivity index (χ1n) is 16.5. The first-order valence-corrected chi connectivity index (χ1v) is 16.5. The predicted octanol–water partition coefficient (Wildman–Crippen LogP) is 5.70. The third-order valence-electron chi connectivity index (χ3n) is 9.99. The van der Waals surface area contributed by atoms with Crippen LogP contribution in [-0.2, 0) is 16.1 Å². The molecule has 2 amide bonds. The number of carbonyl (C=O) groups is 2. The lowest BCUT2D eigenvalue weighted by Crippen LogP contribution is -2.47. The van der Waals surface area contributed by atoms with Crippen LogP contribution in [0.1, 0.15) is 76.3 Å². The third-order valence-corrected chi connectivity index (χ3v) is 9.99. The number of rotatable bonds is 12. The monoisotopic (exact) mass is 600 g/mol. The average Bonchev–Trinajstić information content (AvgIpc) is 3.29. The molecule has 2 heterocycles. The number of phenolic OH excluding ortho intramolecular Hbond substituents is 1. The standard InChI is InChI=1S/C37H48N2O5/c1-3-10-28-22-30-35(31(24-40)34(28)33(42)16-15-25(4-2)21-27-13-8-9-14-32(27)41)37(44)39(36(30)43)29-17-19-38(20-18-29)23-26-11-6-5-7-12-26/h5-9,11-14,21,29-31,33,35,40-42H,3-4,10,15-20,22-24H2,1-2H3/b25-21+/t30-,31+,33-,35-/m1/s1. The second-order valence-electron chi connectivity index (χ2n) is 12.7. The van der Waals surface area contributed by atoms with Crippen molar-refractivity contribution in [3.05, 3.63) is 82.4 Å². The van der Waals surface area contributed by atoms with Crippen molar-refractivity contribution < 1.29 is 24.9 Å². The lowest BCUT2D eigenvalue weighted by molar-refractivity contribution is -0.144. The number of piperidine rings is 1. The molecule has 3 aliphatic rings. The highest BCUT2D eigenvalue weighted by atomic mass is 16.3. The number of hydrogen-bond donors (Lipinski definition) is 3. The van der Waals surface area contributed by atoms with Crippen molar-refractivity contribution in [1.29, 1.82) is 0 Å². The summed E-state index contributed by atoms with van der Waals surface area (Å²) in [6, 6.07) is 17.4. The molecule has 236 valence electrons. The highest BCUT2D eigenvalue weighted by Gasteiger charge is 2.56. The van der Waals surface area contributed by atoms with Gasteiger partial charge in [0.05, 0.1) is 24.5 Å². The number of benzene rings is 2. The molecular weight excluding hydrogens is 552 g/mol. The number of allylic oxidation sites excluding steroid dienone is 2. The van der Waals surface area contributed by atoms with Gasteiger partial charge in [-0.1, -0.05) is 86.0 Å². The maximum Gasteiger partial charge on any atom is 0.234 e. The molecule has 0 saturated carbocycles. The second kappa shape index (κ2) is 14.7. The Morgan fingerprint density at radius 3 is 2.36 bits per heavy atom. The van der Waals surface area contributed by atoms with E-state index in [-0.39, 0.29) is 30.2 Å². The van der Waals surface area contributed by atoms with Crippen LogP contribution in [0.15, 0.2) is 71.3 Å². The molecule has 2 aromatic rings. The summed E-state index contributed by atoms with van der Waals surface area (Å²) in [5.41, 5.74) is 4.92. The van der Waals surface area contributed by atoms with Crippen LogP contribution in [0, 0.1) is 17.8 Å². The van der Waals surface area contributed by atoms with Crippen LogP contribution in [0.4, 0.5) is 0 Å². The molecule has 0 bridgehead atoms. The maximum absolute atomic E-state index is 14.0. The normalized spacial score (nSPS) is 24.2. The first-order chi connectivity index (χ1) is 21.4. The van der Waals surface area contributed by atoms with Gasteiger partial charge in [-0.15, -0.1) is 0 Å². The summed E-state index contributed by atoms with van der Waals surface area (Å²) in [4.78, 5) is 31.8. The average molecular weight is 601 g/mol. The van der Waals surface area contributed by atoms with E-state index < -0.39 is 23.9 Å². The number of fused-ring (bicyclic) bond motifs is 1. The summed E-state index contributed by atoms with van der Waals surface area (Å²) in [6.45, 7) is 6.39. The number of hydrogen-bond acceptors (Lipinski definition) is 6. The van der Waals surface area contributed by atoms with Crippen LogP contribution in [0.5, 0.6) is 5.75 Å². The number of amides is 2. The van der Waals surface area contributed by atoms with E-state index in [1.165, 1.54) is 5.56 Å². The smallest absolute Gasteiger partial charge is 0.234 e. The Morgan fingerprint density at radius 1 is 1.00 bits per heavy atom. The van der Waals surface area contributed by atoms with Gasteiger partial charge in [0, 0.05) is 37.2 Å². The molecule has 2 aromatic carbocycles. The predicted molar refractivity (Wildman–Crippen MR) is 172 cm³/mol. The van der Waals surface area contributed by atoms with E-state index >= 15 is 0 Å². The van der Waals surface area contributed by atoms with E-state index in [4.69, 9.17) is 0 Å². The molecule has 1 aliphatic carbocycles. The van der Waals surface area contributed by atoms with Gasteiger partial charge in [0.15, 0.2) is 0 Å². The van der Waals surface area contributed by atoms with E-state index in [0.29, 0.717) is 19.3 Å². The molecule has 0 unspecified atom stereocenters. The SMILES string of the molecule is CCCC1=C([C@H](O)CC/C(=C/c2ccccc2O)CC)[C@H](CO)[C@@H]2C(=O)N(C3CCN(Cc4ccccc4)CC3)C(=O)[C@@H]2C1. The number of aliphatic hydroxyl groups is 2. The molecule has 7 nitrogen and oxygen atoms in total. The Kier molecular flexibility index (Phi) is 10.7. The van der Waals surface area contributed by atoms with Crippen molar-refractivity contribution in [1.82, 2.24) is 9.80 Å². The number of aliphatic hydroxyl groups excluding tert-OH is 2. The van der Waals surface area contributed by atoms with E-state index in [1.54, 1.807) is 17.0 Å². The molecule has 2 fully saturated rings. The van der Waals surface area contributed by atoms with Gasteiger partial charge in [-0.25, -0.2) is 0 Å². The zero-order valence-corrected chi connectivity index (χ0v) is 26.2. The minimum Gasteiger partial charge on any atom is -0.507 e. The lowest BCUT2D eigenvalue weighted by Gasteiger charge is -2.37. The Balaban J connectivity index is 1.30. The van der Waals surface area contributed by atoms with Gasteiger partial charge in [-0.3, -0.25) is 19.4 Å². The number of phenols is 1. The van der Waals surface area contributed by atoms with Crippen LogP contribution in [-0.4, -0.2) is 68.8 Å². The van der Waals surface area contributed by atoms with Gasteiger partial charge in [0.25, 0.3) is 0 Å². The Labute approximate surface area is 261 Å². The summed E-state index contributed by atoms with van der Waals surface area (Å²) in [6.07, 6.45) is 6.60. The van der Waals surface area contributed by atoms with Crippen LogP contribution < -0.4 is 0 Å². The highest BCUT2D eigenvalue weighted by molar-refractivity contribution is 6.06. The van der Waals surface area contributed by atoms with E-state index in [1.807, 2.05) is 36.4 Å². The molecule has 0 spiro atoms. The van der Waals surface area contributed by atoms with Crippen molar-refractivity contribution in [2.75, 3.05) is 19.7 Å². The molecule has 7 heteroatoms. The molecule has 0 aromatic heterocycles. The minimum atomic E-state index is -0.813. The summed E-state index contributed by atoms with van der Waals surface area (Å²) in [5.74, 6) is -1.69.